The number of nitrogens with zero attached hydrogens (tertiary/aromatic N) is 2. The fourth-order valence-corrected chi connectivity index (χ4v) is 11.1. The predicted octanol–water partition coefficient (Wildman–Crippen LogP) is 19.2. The second kappa shape index (κ2) is 62.4. The third-order valence-electron chi connectivity index (χ3n) is 16.7. The minimum atomic E-state index is -0.624. The number of aliphatic hydroxyl groups excluding tert-OH is 1. The van der Waals surface area contributed by atoms with Crippen LogP contribution >= 0.6 is 0 Å². The van der Waals surface area contributed by atoms with Gasteiger partial charge < -0.3 is 38.4 Å². The molecule has 0 rings (SSSR count). The summed E-state index contributed by atoms with van der Waals surface area (Å²) in [5.41, 5.74) is 0. The highest BCUT2D eigenvalue weighted by Gasteiger charge is 2.20. The van der Waals surface area contributed by atoms with Gasteiger partial charge >= 0.3 is 24.2 Å². The molecule has 0 bridgehead atoms. The van der Waals surface area contributed by atoms with Crippen molar-refractivity contribution in [1.82, 2.24) is 9.80 Å². The lowest BCUT2D eigenvalue weighted by molar-refractivity contribution is -0.146. The first-order chi connectivity index (χ1) is 40.6. The molecule has 0 aromatic carbocycles. The Labute approximate surface area is 512 Å². The number of carbonyl (C=O) groups is 4. The third kappa shape index (κ3) is 54.5. The maximum absolute atomic E-state index is 13.2. The van der Waals surface area contributed by atoms with Crippen molar-refractivity contribution in [2.75, 3.05) is 72.3 Å². The molecule has 0 spiro atoms. The van der Waals surface area contributed by atoms with Crippen molar-refractivity contribution in [2.45, 2.75) is 343 Å². The highest BCUT2D eigenvalue weighted by molar-refractivity contribution is 5.69. The molecule has 0 aromatic heterocycles. The Kier molecular flexibility index (Phi) is 60.4. The highest BCUT2D eigenvalue weighted by atomic mass is 16.7. The highest BCUT2D eigenvalue weighted by Crippen LogP contribution is 2.22. The van der Waals surface area contributed by atoms with E-state index in [0.29, 0.717) is 57.5 Å². The lowest BCUT2D eigenvalue weighted by atomic mass is 9.96. The molecule has 0 aliphatic heterocycles. The largest absolute Gasteiger partial charge is 0.508 e. The molecule has 0 saturated carbocycles. The minimum absolute atomic E-state index is 0.0492. The van der Waals surface area contributed by atoms with Gasteiger partial charge in [-0.05, 0) is 128 Å². The zero-order chi connectivity index (χ0) is 60.9. The van der Waals surface area contributed by atoms with Crippen LogP contribution in [0.4, 0.5) is 9.59 Å². The van der Waals surface area contributed by atoms with Gasteiger partial charge in [0.25, 0.3) is 0 Å². The lowest BCUT2D eigenvalue weighted by Crippen LogP contribution is -2.39. The molecule has 13 heteroatoms. The number of hydrogen-bond acceptors (Lipinski definition) is 13. The normalized spacial score (nSPS) is 13.0. The van der Waals surface area contributed by atoms with Crippen LogP contribution in [0.3, 0.4) is 0 Å². The summed E-state index contributed by atoms with van der Waals surface area (Å²) in [6, 6.07) is 0. The van der Waals surface area contributed by atoms with Gasteiger partial charge in [0, 0.05) is 45.6 Å². The van der Waals surface area contributed by atoms with Gasteiger partial charge in [0.1, 0.15) is 25.4 Å². The average Bonchev–Trinajstić information content (AvgIpc) is 3.49. The Bertz CT molecular complexity index is 1330. The lowest BCUT2D eigenvalue weighted by Gasteiger charge is -2.27. The number of hydrogen-bond donors (Lipinski definition) is 1. The number of ether oxygens (including phenoxy) is 6. The van der Waals surface area contributed by atoms with E-state index < -0.39 is 12.3 Å². The number of esters is 2. The summed E-state index contributed by atoms with van der Waals surface area (Å²) in [7, 11) is 0. The monoisotopic (exact) mass is 1180 g/mol. The van der Waals surface area contributed by atoms with Crippen LogP contribution in [0.25, 0.3) is 0 Å². The SMILES string of the molecule is CCCCCCC(CCCC)COC(=O)CCCCCCCCC(CCCCCC)OC(=O)OCCN(CCOC(=O)OC(CCCCCC)CCCCCCCCC(=O)OCC(CCCC)CCCCCC)CCN(CC)CCCCO. The molecular weight excluding hydrogens is 1040 g/mol. The number of rotatable bonds is 64. The van der Waals surface area contributed by atoms with Crippen LogP contribution in [-0.4, -0.2) is 124 Å². The van der Waals surface area contributed by atoms with Crippen molar-refractivity contribution >= 4 is 24.2 Å². The van der Waals surface area contributed by atoms with Crippen LogP contribution in [0.1, 0.15) is 331 Å². The van der Waals surface area contributed by atoms with Crippen LogP contribution in [0.15, 0.2) is 0 Å². The van der Waals surface area contributed by atoms with E-state index in [9.17, 15) is 24.3 Å². The topological polar surface area (TPSA) is 150 Å². The average molecular weight is 1180 g/mol. The van der Waals surface area contributed by atoms with Crippen molar-refractivity contribution in [3.05, 3.63) is 0 Å². The van der Waals surface area contributed by atoms with E-state index in [-0.39, 0.29) is 44.0 Å². The number of likely N-dealkylation sites (N-methyl/N-ethyl adjacent to an activating group) is 1. The summed E-state index contributed by atoms with van der Waals surface area (Å²) >= 11 is 0. The third-order valence-corrected chi connectivity index (χ3v) is 16.7. The second-order valence-corrected chi connectivity index (χ2v) is 24.5. The summed E-state index contributed by atoms with van der Waals surface area (Å²) in [5, 5.41) is 9.37. The number of aliphatic hydroxyl groups is 1. The van der Waals surface area contributed by atoms with E-state index in [1.807, 2.05) is 0 Å². The molecule has 0 fully saturated rings. The molecule has 1 N–H and O–H groups in total. The van der Waals surface area contributed by atoms with Crippen molar-refractivity contribution in [3.63, 3.8) is 0 Å². The molecule has 0 amide bonds. The quantitative estimate of drug-likeness (QED) is 0.0350. The van der Waals surface area contributed by atoms with Gasteiger partial charge in [0.15, 0.2) is 0 Å². The van der Waals surface area contributed by atoms with Crippen LogP contribution in [0.2, 0.25) is 0 Å². The zero-order valence-electron chi connectivity index (χ0n) is 55.6. The molecule has 0 aliphatic carbocycles. The molecule has 83 heavy (non-hydrogen) atoms. The van der Waals surface area contributed by atoms with E-state index in [1.54, 1.807) is 0 Å². The Morgan fingerprint density at radius 2 is 0.651 bits per heavy atom. The first-order valence-electron chi connectivity index (χ1n) is 35.6. The molecule has 0 saturated heterocycles. The summed E-state index contributed by atoms with van der Waals surface area (Å²) in [6.45, 7) is 21.4. The van der Waals surface area contributed by atoms with Gasteiger partial charge in [0.05, 0.1) is 13.2 Å². The summed E-state index contributed by atoms with van der Waals surface area (Å²) < 4.78 is 34.9. The molecule has 0 heterocycles. The fraction of sp³-hybridized carbons (Fsp3) is 0.943. The van der Waals surface area contributed by atoms with Gasteiger partial charge in [0.2, 0.25) is 0 Å². The Morgan fingerprint density at radius 3 is 1.01 bits per heavy atom. The molecule has 4 atom stereocenters. The predicted molar refractivity (Wildman–Crippen MR) is 344 cm³/mol. The van der Waals surface area contributed by atoms with Crippen LogP contribution < -0.4 is 0 Å². The fourth-order valence-electron chi connectivity index (χ4n) is 11.1. The van der Waals surface area contributed by atoms with E-state index in [1.165, 1.54) is 89.9 Å². The Hall–Kier alpha value is -2.64. The summed E-state index contributed by atoms with van der Waals surface area (Å²) in [4.78, 5) is 56.1. The first kappa shape index (κ1) is 80.4. The van der Waals surface area contributed by atoms with Gasteiger partial charge in [-0.2, -0.15) is 0 Å². The summed E-state index contributed by atoms with van der Waals surface area (Å²) in [6.07, 6.45) is 44.9. The maximum atomic E-state index is 13.2. The zero-order valence-corrected chi connectivity index (χ0v) is 55.6. The van der Waals surface area contributed by atoms with Crippen LogP contribution in [0, 0.1) is 11.8 Å². The molecule has 4 unspecified atom stereocenters. The van der Waals surface area contributed by atoms with Crippen molar-refractivity contribution in [1.29, 1.82) is 0 Å². The van der Waals surface area contributed by atoms with E-state index in [4.69, 9.17) is 28.4 Å². The van der Waals surface area contributed by atoms with E-state index >= 15 is 0 Å². The van der Waals surface area contributed by atoms with Gasteiger partial charge in [-0.3, -0.25) is 14.5 Å². The molecule has 492 valence electrons. The molecule has 0 aliphatic rings. The Balaban J connectivity index is 5.09. The van der Waals surface area contributed by atoms with Crippen molar-refractivity contribution in [3.8, 4) is 0 Å². The molecule has 0 radical (unpaired) electrons. The maximum Gasteiger partial charge on any atom is 0.508 e. The van der Waals surface area contributed by atoms with Crippen LogP contribution in [-0.2, 0) is 38.0 Å². The second-order valence-electron chi connectivity index (χ2n) is 24.5. The molecule has 13 nitrogen and oxygen atoms in total. The standard InChI is InChI=1S/C70H136N2O11/c1-8-15-21-33-45-63(43-19-12-5)61-80-67(74)51-39-31-27-25-29-37-49-65(47-35-23-17-10-3)82-69(76)78-59-56-72(55-54-71(14-7)53-41-42-58-73)57-60-79-70(77)83-66(48-36-24-18-11-4)50-38-30-26-28-32-40-52-68(75)81-62-64(44-20-13-6)46-34-22-16-9-2/h63-66,73H,8-62H2,1-7H3. The van der Waals surface area contributed by atoms with Gasteiger partial charge in [-0.15, -0.1) is 0 Å². The van der Waals surface area contributed by atoms with Gasteiger partial charge in [-0.25, -0.2) is 9.59 Å². The number of carbonyl (C=O) groups excluding carboxylic acids is 4. The minimum Gasteiger partial charge on any atom is -0.465 e. The van der Waals surface area contributed by atoms with Crippen LogP contribution in [0.5, 0.6) is 0 Å². The van der Waals surface area contributed by atoms with Crippen molar-refractivity contribution < 1.29 is 52.7 Å². The molecule has 0 aromatic rings. The van der Waals surface area contributed by atoms with E-state index in [2.05, 4.69) is 58.3 Å². The summed E-state index contributed by atoms with van der Waals surface area (Å²) in [5.74, 6) is 0.888. The first-order valence-corrected chi connectivity index (χ1v) is 35.6. The van der Waals surface area contributed by atoms with E-state index in [0.717, 1.165) is 199 Å². The smallest absolute Gasteiger partial charge is 0.465 e. The van der Waals surface area contributed by atoms with Gasteiger partial charge in [-0.1, -0.05) is 215 Å². The molecular formula is C70H136N2O11. The van der Waals surface area contributed by atoms with Crippen molar-refractivity contribution in [2.24, 2.45) is 11.8 Å². The Morgan fingerprint density at radius 1 is 0.325 bits per heavy atom. The number of unbranched alkanes of at least 4 members (excludes halogenated alkanes) is 25.